The molecule has 0 bridgehead atoms. The van der Waals surface area contributed by atoms with Crippen LogP contribution in [0.1, 0.15) is 30.5 Å². The largest absolute Gasteiger partial charge is 0.341 e. The Morgan fingerprint density at radius 3 is 2.38 bits per heavy atom. The Bertz CT molecular complexity index is 1250. The highest BCUT2D eigenvalue weighted by atomic mass is 32.2. The topological polar surface area (TPSA) is 111 Å². The molecule has 0 radical (unpaired) electrons. The summed E-state index contributed by atoms with van der Waals surface area (Å²) in [7, 11) is -3.87. The molecule has 1 saturated heterocycles. The quantitative estimate of drug-likeness (QED) is 0.581. The highest BCUT2D eigenvalue weighted by molar-refractivity contribution is 7.92. The molecule has 164 valence electrons. The van der Waals surface area contributed by atoms with Crippen molar-refractivity contribution in [2.75, 3.05) is 28.0 Å². The molecule has 0 saturated carbocycles. The number of piperidine rings is 1. The van der Waals surface area contributed by atoms with Crippen molar-refractivity contribution in [3.63, 3.8) is 0 Å². The fourth-order valence-electron chi connectivity index (χ4n) is 3.63. The maximum atomic E-state index is 12.7. The van der Waals surface area contributed by atoms with Gasteiger partial charge in [-0.3, -0.25) is 4.72 Å². The third-order valence-corrected chi connectivity index (χ3v) is 6.63. The zero-order chi connectivity index (χ0) is 22.6. The van der Waals surface area contributed by atoms with Crippen molar-refractivity contribution in [3.8, 4) is 6.07 Å². The predicted octanol–water partition coefficient (Wildman–Crippen LogP) is 4.19. The first kappa shape index (κ1) is 21.6. The number of aromatic nitrogens is 2. The summed E-state index contributed by atoms with van der Waals surface area (Å²) in [6, 6.07) is 16.8. The molecule has 9 heteroatoms. The number of hydrogen-bond acceptors (Lipinski definition) is 7. The fraction of sp³-hybridized carbons (Fsp3) is 0.261. The summed E-state index contributed by atoms with van der Waals surface area (Å²) in [5.41, 5.74) is 2.15. The van der Waals surface area contributed by atoms with Crippen molar-refractivity contribution in [2.45, 2.75) is 31.1 Å². The number of nitrogens with one attached hydrogen (secondary N) is 2. The second-order valence-electron chi connectivity index (χ2n) is 7.66. The highest BCUT2D eigenvalue weighted by Crippen LogP contribution is 2.24. The summed E-state index contributed by atoms with van der Waals surface area (Å²) in [4.78, 5) is 11.4. The van der Waals surface area contributed by atoms with Gasteiger partial charge in [0.15, 0.2) is 0 Å². The van der Waals surface area contributed by atoms with Crippen LogP contribution in [0.5, 0.6) is 0 Å². The van der Waals surface area contributed by atoms with Crippen molar-refractivity contribution in [2.24, 2.45) is 0 Å². The minimum absolute atomic E-state index is 0.0496. The Labute approximate surface area is 188 Å². The number of rotatable bonds is 6. The maximum Gasteiger partial charge on any atom is 0.263 e. The molecular formula is C23H24N6O2S. The van der Waals surface area contributed by atoms with Crippen LogP contribution >= 0.6 is 0 Å². The van der Waals surface area contributed by atoms with Gasteiger partial charge in [0.05, 0.1) is 5.56 Å². The van der Waals surface area contributed by atoms with Crippen molar-refractivity contribution < 1.29 is 8.42 Å². The molecule has 1 aromatic heterocycles. The summed E-state index contributed by atoms with van der Waals surface area (Å²) < 4.78 is 27.9. The monoisotopic (exact) mass is 448 g/mol. The number of nitrogens with zero attached hydrogens (tertiary/aromatic N) is 4. The van der Waals surface area contributed by atoms with Crippen molar-refractivity contribution >= 4 is 33.2 Å². The maximum absolute atomic E-state index is 12.7. The Hall–Kier alpha value is -3.64. The third-order valence-electron chi connectivity index (χ3n) is 5.19. The fourth-order valence-corrected chi connectivity index (χ4v) is 4.84. The summed E-state index contributed by atoms with van der Waals surface area (Å²) in [5, 5.41) is 12.4. The van der Waals surface area contributed by atoms with Crippen LogP contribution in [0.15, 0.2) is 59.5 Å². The van der Waals surface area contributed by atoms with Crippen LogP contribution in [0, 0.1) is 18.3 Å². The lowest BCUT2D eigenvalue weighted by Crippen LogP contribution is -2.31. The van der Waals surface area contributed by atoms with E-state index >= 15 is 0 Å². The first-order chi connectivity index (χ1) is 15.4. The molecule has 3 aromatic rings. The molecule has 0 unspecified atom stereocenters. The summed E-state index contributed by atoms with van der Waals surface area (Å²) in [6.07, 6.45) is 3.54. The Morgan fingerprint density at radius 1 is 0.969 bits per heavy atom. The smallest absolute Gasteiger partial charge is 0.263 e. The lowest BCUT2D eigenvalue weighted by Gasteiger charge is -2.27. The third kappa shape index (κ3) is 4.98. The second-order valence-corrected chi connectivity index (χ2v) is 9.31. The molecule has 32 heavy (non-hydrogen) atoms. The number of benzene rings is 2. The molecule has 0 aliphatic carbocycles. The van der Waals surface area contributed by atoms with Gasteiger partial charge in [-0.05, 0) is 62.6 Å². The second kappa shape index (κ2) is 9.24. The van der Waals surface area contributed by atoms with Gasteiger partial charge < -0.3 is 10.2 Å². The van der Waals surface area contributed by atoms with Gasteiger partial charge in [0.2, 0.25) is 5.95 Å². The predicted molar refractivity (Wildman–Crippen MR) is 125 cm³/mol. The summed E-state index contributed by atoms with van der Waals surface area (Å²) in [5.74, 6) is 1.42. The molecule has 1 fully saturated rings. The van der Waals surface area contributed by atoms with E-state index in [1.807, 2.05) is 19.1 Å². The van der Waals surface area contributed by atoms with Gasteiger partial charge in [0.1, 0.15) is 16.8 Å². The van der Waals surface area contributed by atoms with Gasteiger partial charge in [0, 0.05) is 36.2 Å². The lowest BCUT2D eigenvalue weighted by molar-refractivity contribution is 0.568. The van der Waals surface area contributed by atoms with Crippen molar-refractivity contribution in [1.82, 2.24) is 9.97 Å². The molecular weight excluding hydrogens is 424 g/mol. The van der Waals surface area contributed by atoms with E-state index in [1.165, 1.54) is 18.6 Å². The van der Waals surface area contributed by atoms with Crippen LogP contribution in [0.2, 0.25) is 0 Å². The van der Waals surface area contributed by atoms with Crippen LogP contribution < -0.4 is 14.9 Å². The lowest BCUT2D eigenvalue weighted by atomic mass is 10.1. The minimum Gasteiger partial charge on any atom is -0.341 e. The van der Waals surface area contributed by atoms with Crippen LogP contribution in [0.4, 0.5) is 23.1 Å². The van der Waals surface area contributed by atoms with Crippen LogP contribution in [-0.2, 0) is 10.0 Å². The molecule has 2 heterocycles. The molecule has 0 amide bonds. The SMILES string of the molecule is Cc1cc(Nc2ccc(NS(=O)(=O)c3ccccc3C#N)cc2)nc(N2CCCCC2)n1. The van der Waals surface area contributed by atoms with Crippen molar-refractivity contribution in [3.05, 3.63) is 65.9 Å². The first-order valence-electron chi connectivity index (χ1n) is 10.4. The van der Waals surface area contributed by atoms with Crippen molar-refractivity contribution in [1.29, 1.82) is 5.26 Å². The average molecular weight is 449 g/mol. The molecule has 8 nitrogen and oxygen atoms in total. The van der Waals surface area contributed by atoms with E-state index in [0.717, 1.165) is 43.3 Å². The van der Waals surface area contributed by atoms with Crippen LogP contribution in [0.3, 0.4) is 0 Å². The molecule has 0 spiro atoms. The van der Waals surface area contributed by atoms with E-state index in [2.05, 4.69) is 24.9 Å². The molecule has 2 aromatic carbocycles. The first-order valence-corrected chi connectivity index (χ1v) is 11.9. The zero-order valence-electron chi connectivity index (χ0n) is 17.7. The minimum atomic E-state index is -3.87. The van der Waals surface area contributed by atoms with E-state index < -0.39 is 10.0 Å². The van der Waals surface area contributed by atoms with Gasteiger partial charge in [-0.25, -0.2) is 13.4 Å². The number of nitriles is 1. The Balaban J connectivity index is 1.49. The highest BCUT2D eigenvalue weighted by Gasteiger charge is 2.18. The Kier molecular flexibility index (Phi) is 6.23. The number of anilines is 4. The molecule has 4 rings (SSSR count). The van der Waals surface area contributed by atoms with Gasteiger partial charge in [-0.2, -0.15) is 10.2 Å². The zero-order valence-corrected chi connectivity index (χ0v) is 18.6. The van der Waals surface area contributed by atoms with E-state index in [4.69, 9.17) is 0 Å². The number of sulfonamides is 1. The van der Waals surface area contributed by atoms with E-state index in [1.54, 1.807) is 36.4 Å². The molecule has 1 aliphatic heterocycles. The van der Waals surface area contributed by atoms with E-state index in [0.29, 0.717) is 11.5 Å². The Morgan fingerprint density at radius 2 is 1.66 bits per heavy atom. The van der Waals surface area contributed by atoms with E-state index in [-0.39, 0.29) is 10.5 Å². The van der Waals surface area contributed by atoms with Gasteiger partial charge in [-0.1, -0.05) is 12.1 Å². The number of hydrogen-bond donors (Lipinski definition) is 2. The normalized spacial score (nSPS) is 13.9. The molecule has 2 N–H and O–H groups in total. The van der Waals surface area contributed by atoms with Crippen LogP contribution in [0.25, 0.3) is 0 Å². The van der Waals surface area contributed by atoms with Gasteiger partial charge >= 0.3 is 0 Å². The van der Waals surface area contributed by atoms with Gasteiger partial charge in [0.25, 0.3) is 10.0 Å². The van der Waals surface area contributed by atoms with Crippen LogP contribution in [-0.4, -0.2) is 31.5 Å². The molecule has 0 atom stereocenters. The summed E-state index contributed by atoms with van der Waals surface area (Å²) >= 11 is 0. The standard InChI is InChI=1S/C23H24N6O2S/c1-17-15-22(27-23(25-17)29-13-5-2-6-14-29)26-19-9-11-20(12-10-19)28-32(30,31)21-8-4-3-7-18(21)16-24/h3-4,7-12,15,28H,2,5-6,13-14H2,1H3,(H,25,26,27). The average Bonchev–Trinajstić information content (AvgIpc) is 2.80. The number of aryl methyl sites for hydroxylation is 1. The van der Waals surface area contributed by atoms with E-state index in [9.17, 15) is 13.7 Å². The van der Waals surface area contributed by atoms with Gasteiger partial charge in [-0.15, -0.1) is 0 Å². The summed E-state index contributed by atoms with van der Waals surface area (Å²) in [6.45, 7) is 3.87. The molecule has 1 aliphatic rings.